The number of hydrogen-bond acceptors (Lipinski definition) is 4. The Kier molecular flexibility index (Phi) is 10.4. The van der Waals surface area contributed by atoms with Gasteiger partial charge in [0, 0.05) is 12.6 Å². The van der Waals surface area contributed by atoms with Gasteiger partial charge in [-0.05, 0) is 57.0 Å². The standard InChI is InChI=1S/C29H33Cl2N3O4S/c1-5-25(29(36)32-20(2)3)33(18-22-16-14-21(4)15-17-22)27(35)19-34(26-13-9-12-24(30)28(26)31)39(37,38)23-10-7-6-8-11-23/h6-17,20,25H,5,18-19H2,1-4H3,(H,32,36)/t25-/m1/s1. The first-order valence-electron chi connectivity index (χ1n) is 12.6. The Balaban J connectivity index is 2.09. The van der Waals surface area contributed by atoms with Crippen molar-refractivity contribution in [3.05, 3.63) is 94.0 Å². The zero-order chi connectivity index (χ0) is 28.7. The summed E-state index contributed by atoms with van der Waals surface area (Å²) in [6.45, 7) is 6.98. The molecule has 0 fully saturated rings. The lowest BCUT2D eigenvalue weighted by atomic mass is 10.1. The van der Waals surface area contributed by atoms with Crippen LogP contribution in [0.15, 0.2) is 77.7 Å². The fourth-order valence-electron chi connectivity index (χ4n) is 4.11. The zero-order valence-electron chi connectivity index (χ0n) is 22.4. The van der Waals surface area contributed by atoms with E-state index < -0.39 is 28.5 Å². The molecule has 3 rings (SSSR count). The molecule has 0 unspecified atom stereocenters. The second kappa shape index (κ2) is 13.3. The highest BCUT2D eigenvalue weighted by molar-refractivity contribution is 7.92. The Morgan fingerprint density at radius 2 is 1.56 bits per heavy atom. The third-order valence-corrected chi connectivity index (χ3v) is 8.68. The number of anilines is 1. The maximum Gasteiger partial charge on any atom is 0.264 e. The van der Waals surface area contributed by atoms with Crippen LogP contribution >= 0.6 is 23.2 Å². The maximum atomic E-state index is 14.0. The monoisotopic (exact) mass is 589 g/mol. The third-order valence-electron chi connectivity index (χ3n) is 6.10. The van der Waals surface area contributed by atoms with Crippen LogP contribution < -0.4 is 9.62 Å². The van der Waals surface area contributed by atoms with Crippen LogP contribution in [0.1, 0.15) is 38.3 Å². The zero-order valence-corrected chi connectivity index (χ0v) is 24.7. The van der Waals surface area contributed by atoms with Gasteiger partial charge in [0.1, 0.15) is 12.6 Å². The van der Waals surface area contributed by atoms with Crippen molar-refractivity contribution in [2.24, 2.45) is 0 Å². The number of aryl methyl sites for hydroxylation is 1. The normalized spacial score (nSPS) is 12.2. The number of amides is 2. The van der Waals surface area contributed by atoms with Crippen LogP contribution in [0, 0.1) is 6.92 Å². The second-order valence-electron chi connectivity index (χ2n) is 9.49. The molecule has 39 heavy (non-hydrogen) atoms. The van der Waals surface area contributed by atoms with Crippen molar-refractivity contribution in [1.82, 2.24) is 10.2 Å². The van der Waals surface area contributed by atoms with E-state index in [1.165, 1.54) is 29.2 Å². The van der Waals surface area contributed by atoms with Crippen LogP contribution in [0.4, 0.5) is 5.69 Å². The van der Waals surface area contributed by atoms with Crippen molar-refractivity contribution in [2.75, 3.05) is 10.8 Å². The Morgan fingerprint density at radius 1 is 0.923 bits per heavy atom. The average Bonchev–Trinajstić information content (AvgIpc) is 2.90. The number of hydrogen-bond donors (Lipinski definition) is 1. The Labute approximate surface area is 240 Å². The summed E-state index contributed by atoms with van der Waals surface area (Å²) in [4.78, 5) is 28.6. The molecule has 0 radical (unpaired) electrons. The summed E-state index contributed by atoms with van der Waals surface area (Å²) >= 11 is 12.7. The lowest BCUT2D eigenvalue weighted by Gasteiger charge is -2.33. The van der Waals surface area contributed by atoms with Crippen LogP contribution in [-0.4, -0.2) is 43.8 Å². The first kappa shape index (κ1) is 30.5. The van der Waals surface area contributed by atoms with Gasteiger partial charge in [-0.1, -0.05) is 84.2 Å². The number of rotatable bonds is 11. The lowest BCUT2D eigenvalue weighted by molar-refractivity contribution is -0.140. The van der Waals surface area contributed by atoms with Crippen LogP contribution in [0.5, 0.6) is 0 Å². The van der Waals surface area contributed by atoms with Gasteiger partial charge in [0.15, 0.2) is 0 Å². The fourth-order valence-corrected chi connectivity index (χ4v) is 6.00. The van der Waals surface area contributed by atoms with E-state index in [-0.39, 0.29) is 39.1 Å². The highest BCUT2D eigenvalue weighted by Gasteiger charge is 2.34. The summed E-state index contributed by atoms with van der Waals surface area (Å²) in [6, 6.07) is 19.0. The summed E-state index contributed by atoms with van der Waals surface area (Å²) in [6.07, 6.45) is 0.333. The van der Waals surface area contributed by atoms with E-state index in [9.17, 15) is 18.0 Å². The Bertz CT molecular complexity index is 1400. The molecule has 0 aliphatic rings. The average molecular weight is 591 g/mol. The van der Waals surface area contributed by atoms with Gasteiger partial charge in [-0.3, -0.25) is 13.9 Å². The van der Waals surface area contributed by atoms with Gasteiger partial charge in [0.2, 0.25) is 11.8 Å². The van der Waals surface area contributed by atoms with E-state index in [1.807, 2.05) is 52.0 Å². The predicted octanol–water partition coefficient (Wildman–Crippen LogP) is 5.83. The van der Waals surface area contributed by atoms with Crippen molar-refractivity contribution < 1.29 is 18.0 Å². The van der Waals surface area contributed by atoms with Crippen molar-refractivity contribution in [2.45, 2.75) is 57.6 Å². The Hall–Kier alpha value is -3.07. The summed E-state index contributed by atoms with van der Waals surface area (Å²) in [7, 11) is -4.23. The van der Waals surface area contributed by atoms with E-state index in [0.29, 0.717) is 6.42 Å². The van der Waals surface area contributed by atoms with Gasteiger partial charge in [0.05, 0.1) is 20.6 Å². The molecule has 208 valence electrons. The highest BCUT2D eigenvalue weighted by atomic mass is 35.5. The minimum Gasteiger partial charge on any atom is -0.352 e. The number of sulfonamides is 1. The first-order valence-corrected chi connectivity index (χ1v) is 14.8. The first-order chi connectivity index (χ1) is 18.4. The van der Waals surface area contributed by atoms with E-state index in [2.05, 4.69) is 5.32 Å². The van der Waals surface area contributed by atoms with Gasteiger partial charge in [-0.15, -0.1) is 0 Å². The van der Waals surface area contributed by atoms with Crippen molar-refractivity contribution in [3.63, 3.8) is 0 Å². The molecule has 0 bridgehead atoms. The minimum absolute atomic E-state index is 0.00106. The van der Waals surface area contributed by atoms with Gasteiger partial charge >= 0.3 is 0 Å². The van der Waals surface area contributed by atoms with Gasteiger partial charge in [0.25, 0.3) is 10.0 Å². The van der Waals surface area contributed by atoms with E-state index in [0.717, 1.165) is 15.4 Å². The molecule has 0 saturated carbocycles. The lowest BCUT2D eigenvalue weighted by Crippen LogP contribution is -2.53. The quantitative estimate of drug-likeness (QED) is 0.305. The number of carbonyl (C=O) groups excluding carboxylic acids is 2. The van der Waals surface area contributed by atoms with Crippen LogP contribution in [0.2, 0.25) is 10.0 Å². The number of nitrogens with one attached hydrogen (secondary N) is 1. The Morgan fingerprint density at radius 3 is 2.15 bits per heavy atom. The van der Waals surface area contributed by atoms with Gasteiger partial charge < -0.3 is 10.2 Å². The largest absolute Gasteiger partial charge is 0.352 e. The summed E-state index contributed by atoms with van der Waals surface area (Å²) in [5.74, 6) is -0.872. The summed E-state index contributed by atoms with van der Waals surface area (Å²) in [5.41, 5.74) is 1.93. The molecule has 2 amide bonds. The molecule has 1 N–H and O–H groups in total. The molecule has 0 aliphatic heterocycles. The van der Waals surface area contributed by atoms with Crippen LogP contribution in [0.25, 0.3) is 0 Å². The third kappa shape index (κ3) is 7.53. The highest BCUT2D eigenvalue weighted by Crippen LogP contribution is 2.35. The minimum atomic E-state index is -4.23. The van der Waals surface area contributed by atoms with Crippen molar-refractivity contribution >= 4 is 50.7 Å². The molecule has 1 atom stereocenters. The molecule has 0 aromatic heterocycles. The molecule has 3 aromatic rings. The second-order valence-corrected chi connectivity index (χ2v) is 12.1. The summed E-state index contributed by atoms with van der Waals surface area (Å²) in [5, 5.41) is 3.03. The van der Waals surface area contributed by atoms with Gasteiger partial charge in [-0.2, -0.15) is 0 Å². The van der Waals surface area contributed by atoms with Crippen LogP contribution in [-0.2, 0) is 26.2 Å². The van der Waals surface area contributed by atoms with E-state index in [4.69, 9.17) is 23.2 Å². The molecule has 0 saturated heterocycles. The number of benzene rings is 3. The van der Waals surface area contributed by atoms with E-state index in [1.54, 1.807) is 24.3 Å². The number of halogens is 2. The van der Waals surface area contributed by atoms with Crippen LogP contribution in [0.3, 0.4) is 0 Å². The smallest absolute Gasteiger partial charge is 0.264 e. The SMILES string of the molecule is CC[C@H](C(=O)NC(C)C)N(Cc1ccc(C)cc1)C(=O)CN(c1cccc(Cl)c1Cl)S(=O)(=O)c1ccccc1. The molecule has 0 heterocycles. The molecule has 10 heteroatoms. The van der Waals surface area contributed by atoms with Gasteiger partial charge in [-0.25, -0.2) is 8.42 Å². The molecule has 0 aliphatic carbocycles. The molecular weight excluding hydrogens is 557 g/mol. The predicted molar refractivity (Wildman–Crippen MR) is 157 cm³/mol. The van der Waals surface area contributed by atoms with Crippen molar-refractivity contribution in [1.29, 1.82) is 0 Å². The van der Waals surface area contributed by atoms with E-state index >= 15 is 0 Å². The van der Waals surface area contributed by atoms with Crippen molar-refractivity contribution in [3.8, 4) is 0 Å². The fraction of sp³-hybridized carbons (Fsp3) is 0.310. The number of carbonyl (C=O) groups is 2. The maximum absolute atomic E-state index is 14.0. The number of nitrogens with zero attached hydrogens (tertiary/aromatic N) is 2. The molecule has 3 aromatic carbocycles. The molecule has 0 spiro atoms. The topological polar surface area (TPSA) is 86.8 Å². The molecular formula is C29H33Cl2N3O4S. The molecule has 7 nitrogen and oxygen atoms in total. The summed E-state index contributed by atoms with van der Waals surface area (Å²) < 4.78 is 28.6.